The van der Waals surface area contributed by atoms with Gasteiger partial charge in [0.25, 0.3) is 5.91 Å². The van der Waals surface area contributed by atoms with Gasteiger partial charge in [0.2, 0.25) is 10.0 Å². The lowest BCUT2D eigenvalue weighted by molar-refractivity contribution is 0.102. The second kappa shape index (κ2) is 7.47. The zero-order valence-corrected chi connectivity index (χ0v) is 15.6. The van der Waals surface area contributed by atoms with E-state index in [1.54, 1.807) is 31.2 Å². The minimum Gasteiger partial charge on any atom is -0.492 e. The smallest absolute Gasteiger partial charge is 0.256 e. The molecule has 1 fully saturated rings. The largest absolute Gasteiger partial charge is 0.492 e. The van der Waals surface area contributed by atoms with Crippen LogP contribution >= 0.6 is 0 Å². The van der Waals surface area contributed by atoms with Gasteiger partial charge in [0.1, 0.15) is 5.75 Å². The number of anilines is 1. The van der Waals surface area contributed by atoms with Crippen molar-refractivity contribution < 1.29 is 17.9 Å². The Balaban J connectivity index is 1.86. The summed E-state index contributed by atoms with van der Waals surface area (Å²) < 4.78 is 32.9. The number of hydrogen-bond donors (Lipinski definition) is 2. The summed E-state index contributed by atoms with van der Waals surface area (Å²) in [6.45, 7) is 4.12. The van der Waals surface area contributed by atoms with Crippen LogP contribution < -0.4 is 14.8 Å². The van der Waals surface area contributed by atoms with Crippen molar-refractivity contribution in [3.63, 3.8) is 0 Å². The lowest BCUT2D eigenvalue weighted by atomic mass is 10.1. The van der Waals surface area contributed by atoms with Crippen molar-refractivity contribution in [2.45, 2.75) is 37.6 Å². The number of carbonyl (C=O) groups excluding carboxylic acids is 1. The Kier molecular flexibility index (Phi) is 5.29. The number of amides is 1. The van der Waals surface area contributed by atoms with Crippen LogP contribution in [0.2, 0.25) is 0 Å². The van der Waals surface area contributed by atoms with E-state index in [1.165, 1.54) is 12.1 Å². The number of nitrogens with one attached hydrogen (secondary N) is 2. The van der Waals surface area contributed by atoms with Crippen LogP contribution in [0.15, 0.2) is 47.4 Å². The molecule has 2 aromatic rings. The van der Waals surface area contributed by atoms with Gasteiger partial charge in [-0.2, -0.15) is 0 Å². The van der Waals surface area contributed by atoms with Gasteiger partial charge >= 0.3 is 0 Å². The van der Waals surface area contributed by atoms with Crippen molar-refractivity contribution in [2.75, 3.05) is 11.9 Å². The molecule has 26 heavy (non-hydrogen) atoms. The molecular formula is C19H22N2O4S. The van der Waals surface area contributed by atoms with Crippen molar-refractivity contribution in [3.8, 4) is 5.75 Å². The molecule has 0 aromatic heterocycles. The Morgan fingerprint density at radius 1 is 1.19 bits per heavy atom. The first-order valence-corrected chi connectivity index (χ1v) is 10.0. The van der Waals surface area contributed by atoms with E-state index >= 15 is 0 Å². The molecule has 1 saturated carbocycles. The second-order valence-electron chi connectivity index (χ2n) is 6.26. The normalized spacial score (nSPS) is 14.1. The first-order valence-electron chi connectivity index (χ1n) is 8.57. The molecule has 1 aliphatic carbocycles. The quantitative estimate of drug-likeness (QED) is 0.780. The van der Waals surface area contributed by atoms with Gasteiger partial charge in [0.15, 0.2) is 0 Å². The molecule has 2 aromatic carbocycles. The Morgan fingerprint density at radius 3 is 2.62 bits per heavy atom. The third-order valence-corrected chi connectivity index (χ3v) is 5.62. The third kappa shape index (κ3) is 4.23. The van der Waals surface area contributed by atoms with Gasteiger partial charge < -0.3 is 10.1 Å². The number of rotatable bonds is 7. The molecule has 0 aliphatic heterocycles. The summed E-state index contributed by atoms with van der Waals surface area (Å²) in [6.07, 6.45) is 1.71. The summed E-state index contributed by atoms with van der Waals surface area (Å²) in [7, 11) is -3.61. The standard InChI is InChI=1S/C19H22N2O4S/c1-3-25-18-7-5-4-6-17(18)20-19(22)16-12-15(11-8-13(16)2)26(23,24)21-14-9-10-14/h4-8,11-12,14,21H,3,9-10H2,1-2H3,(H,20,22). The summed E-state index contributed by atoms with van der Waals surface area (Å²) >= 11 is 0. The van der Waals surface area contributed by atoms with E-state index in [1.807, 2.05) is 13.0 Å². The highest BCUT2D eigenvalue weighted by Crippen LogP contribution is 2.26. The average molecular weight is 374 g/mol. The van der Waals surface area contributed by atoms with E-state index in [2.05, 4.69) is 10.0 Å². The average Bonchev–Trinajstić information content (AvgIpc) is 3.40. The minimum absolute atomic E-state index is 0.0108. The predicted octanol–water partition coefficient (Wildman–Crippen LogP) is 3.09. The molecule has 0 unspecified atom stereocenters. The number of hydrogen-bond acceptors (Lipinski definition) is 4. The molecule has 6 nitrogen and oxygen atoms in total. The van der Waals surface area contributed by atoms with Crippen molar-refractivity contribution in [1.82, 2.24) is 4.72 Å². The number of sulfonamides is 1. The van der Waals surface area contributed by atoms with Gasteiger partial charge in [-0.1, -0.05) is 18.2 Å². The van der Waals surface area contributed by atoms with Gasteiger partial charge in [0, 0.05) is 11.6 Å². The van der Waals surface area contributed by atoms with Crippen LogP contribution in [0, 0.1) is 6.92 Å². The zero-order valence-electron chi connectivity index (χ0n) is 14.8. The fourth-order valence-electron chi connectivity index (χ4n) is 2.54. The number of aryl methyl sites for hydroxylation is 1. The van der Waals surface area contributed by atoms with Crippen molar-refractivity contribution >= 4 is 21.6 Å². The molecular weight excluding hydrogens is 352 g/mol. The molecule has 0 heterocycles. The van der Waals surface area contributed by atoms with E-state index in [0.29, 0.717) is 29.2 Å². The maximum atomic E-state index is 12.7. The zero-order chi connectivity index (χ0) is 18.7. The van der Waals surface area contributed by atoms with Gasteiger partial charge in [-0.25, -0.2) is 13.1 Å². The van der Waals surface area contributed by atoms with Crippen LogP contribution in [0.1, 0.15) is 35.7 Å². The summed E-state index contributed by atoms with van der Waals surface area (Å²) in [4.78, 5) is 12.8. The molecule has 2 N–H and O–H groups in total. The molecule has 0 radical (unpaired) electrons. The summed E-state index contributed by atoms with van der Waals surface area (Å²) in [5.41, 5.74) is 1.56. The number of carbonyl (C=O) groups is 1. The molecule has 1 aliphatic rings. The molecule has 0 bridgehead atoms. The van der Waals surface area contributed by atoms with Crippen LogP contribution in [0.3, 0.4) is 0 Å². The van der Waals surface area contributed by atoms with Gasteiger partial charge in [0.05, 0.1) is 17.2 Å². The lowest BCUT2D eigenvalue weighted by Crippen LogP contribution is -2.26. The fourth-order valence-corrected chi connectivity index (χ4v) is 3.87. The van der Waals surface area contributed by atoms with Crippen molar-refractivity contribution in [3.05, 3.63) is 53.6 Å². The van der Waals surface area contributed by atoms with Crippen LogP contribution in [-0.4, -0.2) is 27.0 Å². The van der Waals surface area contributed by atoms with Gasteiger partial charge in [-0.3, -0.25) is 4.79 Å². The van der Waals surface area contributed by atoms with E-state index in [0.717, 1.165) is 12.8 Å². The van der Waals surface area contributed by atoms with E-state index in [9.17, 15) is 13.2 Å². The Labute approximate surface area is 153 Å². The molecule has 3 rings (SSSR count). The number of para-hydroxylation sites is 2. The van der Waals surface area contributed by atoms with Crippen LogP contribution in [0.4, 0.5) is 5.69 Å². The van der Waals surface area contributed by atoms with E-state index in [-0.39, 0.29) is 16.8 Å². The maximum Gasteiger partial charge on any atom is 0.256 e. The predicted molar refractivity (Wildman–Crippen MR) is 100 cm³/mol. The second-order valence-corrected chi connectivity index (χ2v) is 7.97. The van der Waals surface area contributed by atoms with Gasteiger partial charge in [-0.15, -0.1) is 0 Å². The monoisotopic (exact) mass is 374 g/mol. The van der Waals surface area contributed by atoms with Gasteiger partial charge in [-0.05, 0) is 56.5 Å². The van der Waals surface area contributed by atoms with Crippen LogP contribution in [-0.2, 0) is 10.0 Å². The molecule has 0 spiro atoms. The van der Waals surface area contributed by atoms with E-state index < -0.39 is 10.0 Å². The SMILES string of the molecule is CCOc1ccccc1NC(=O)c1cc(S(=O)(=O)NC2CC2)ccc1C. The lowest BCUT2D eigenvalue weighted by Gasteiger charge is -2.13. The van der Waals surface area contributed by atoms with Crippen molar-refractivity contribution in [2.24, 2.45) is 0 Å². The molecule has 1 amide bonds. The molecule has 0 saturated heterocycles. The summed E-state index contributed by atoms with van der Waals surface area (Å²) in [5.74, 6) is 0.193. The summed E-state index contributed by atoms with van der Waals surface area (Å²) in [6, 6.07) is 11.7. The number of ether oxygens (including phenoxy) is 1. The highest BCUT2D eigenvalue weighted by molar-refractivity contribution is 7.89. The van der Waals surface area contributed by atoms with Crippen molar-refractivity contribution in [1.29, 1.82) is 0 Å². The fraction of sp³-hybridized carbons (Fsp3) is 0.316. The Hall–Kier alpha value is -2.38. The Bertz CT molecular complexity index is 921. The van der Waals surface area contributed by atoms with Crippen LogP contribution in [0.5, 0.6) is 5.75 Å². The first-order chi connectivity index (χ1) is 12.4. The third-order valence-electron chi connectivity index (χ3n) is 4.10. The molecule has 138 valence electrons. The maximum absolute atomic E-state index is 12.7. The first kappa shape index (κ1) is 18.4. The summed E-state index contributed by atoms with van der Waals surface area (Å²) in [5, 5.41) is 2.81. The van der Waals surface area contributed by atoms with Crippen LogP contribution in [0.25, 0.3) is 0 Å². The number of benzene rings is 2. The molecule has 0 atom stereocenters. The topological polar surface area (TPSA) is 84.5 Å². The minimum atomic E-state index is -3.61. The highest BCUT2D eigenvalue weighted by atomic mass is 32.2. The van der Waals surface area contributed by atoms with E-state index in [4.69, 9.17) is 4.74 Å². The highest BCUT2D eigenvalue weighted by Gasteiger charge is 2.28. The Morgan fingerprint density at radius 2 is 1.92 bits per heavy atom. The molecule has 7 heteroatoms.